The van der Waals surface area contributed by atoms with E-state index >= 15 is 0 Å². The van der Waals surface area contributed by atoms with Gasteiger partial charge in [-0.05, 0) is 56.8 Å². The summed E-state index contributed by atoms with van der Waals surface area (Å²) in [6.45, 7) is 12.3. The van der Waals surface area contributed by atoms with E-state index in [9.17, 15) is 10.1 Å². The molecule has 2 aliphatic rings. The van der Waals surface area contributed by atoms with E-state index in [1.54, 1.807) is 22.4 Å². The smallest absolute Gasteiger partial charge is 0.252 e. The van der Waals surface area contributed by atoms with Crippen molar-refractivity contribution in [2.45, 2.75) is 77.7 Å². The molecular formula is C30H41N7O. The number of piperazine rings is 1. The molecule has 2 saturated heterocycles. The van der Waals surface area contributed by atoms with Crippen LogP contribution in [-0.2, 0) is 20.1 Å². The van der Waals surface area contributed by atoms with Gasteiger partial charge in [0.1, 0.15) is 12.1 Å². The summed E-state index contributed by atoms with van der Waals surface area (Å²) in [6.07, 6.45) is 6.46. The molecule has 0 spiro atoms. The molecule has 2 aliphatic heterocycles. The van der Waals surface area contributed by atoms with Crippen LogP contribution in [0.2, 0.25) is 0 Å². The summed E-state index contributed by atoms with van der Waals surface area (Å²) in [4.78, 5) is 20.5. The normalized spacial score (nSPS) is 21.7. The molecule has 0 amide bonds. The second-order valence-electron chi connectivity index (χ2n) is 11.0. The van der Waals surface area contributed by atoms with Gasteiger partial charge in [-0.3, -0.25) is 19.3 Å². The third-order valence-electron chi connectivity index (χ3n) is 8.73. The molecule has 0 unspecified atom stereocenters. The summed E-state index contributed by atoms with van der Waals surface area (Å²) in [5.74, 6) is 0. The molecule has 0 radical (unpaired) electrons. The first-order valence-corrected chi connectivity index (χ1v) is 14.2. The molecule has 38 heavy (non-hydrogen) atoms. The van der Waals surface area contributed by atoms with E-state index in [4.69, 9.17) is 5.10 Å². The van der Waals surface area contributed by atoms with Crippen LogP contribution in [0.3, 0.4) is 0 Å². The molecular weight excluding hydrogens is 474 g/mol. The van der Waals surface area contributed by atoms with E-state index in [2.05, 4.69) is 65.8 Å². The Labute approximate surface area is 226 Å². The minimum absolute atomic E-state index is 0.0447. The predicted molar refractivity (Wildman–Crippen MR) is 152 cm³/mol. The van der Waals surface area contributed by atoms with Crippen molar-refractivity contribution in [2.24, 2.45) is 7.05 Å². The number of aryl methyl sites for hydroxylation is 1. The van der Waals surface area contributed by atoms with Gasteiger partial charge < -0.3 is 9.47 Å². The first-order chi connectivity index (χ1) is 18.4. The molecule has 0 bridgehead atoms. The Morgan fingerprint density at radius 2 is 1.79 bits per heavy atom. The highest BCUT2D eigenvalue weighted by molar-refractivity contribution is 5.88. The number of nitrogens with zero attached hydrogens (tertiary/aromatic N) is 7. The molecule has 0 aliphatic carbocycles. The first-order valence-electron chi connectivity index (χ1n) is 14.2. The lowest BCUT2D eigenvalue weighted by atomic mass is 9.96. The average molecular weight is 516 g/mol. The highest BCUT2D eigenvalue weighted by Gasteiger charge is 2.36. The van der Waals surface area contributed by atoms with Gasteiger partial charge in [-0.1, -0.05) is 38.1 Å². The van der Waals surface area contributed by atoms with Crippen molar-refractivity contribution < 1.29 is 0 Å². The molecule has 202 valence electrons. The van der Waals surface area contributed by atoms with Gasteiger partial charge in [-0.25, -0.2) is 0 Å². The van der Waals surface area contributed by atoms with Crippen LogP contribution in [0.15, 0.2) is 41.3 Å². The zero-order chi connectivity index (χ0) is 26.8. The number of anilines is 1. The number of benzene rings is 1. The molecule has 2 fully saturated rings. The molecule has 5 rings (SSSR count). The van der Waals surface area contributed by atoms with Gasteiger partial charge in [0.25, 0.3) is 5.56 Å². The monoisotopic (exact) mass is 515 g/mol. The quantitative estimate of drug-likeness (QED) is 0.446. The minimum Gasteiger partial charge on any atom is -0.364 e. The summed E-state index contributed by atoms with van der Waals surface area (Å²) in [5.41, 5.74) is 5.18. The van der Waals surface area contributed by atoms with Gasteiger partial charge in [-0.15, -0.1) is 0 Å². The van der Waals surface area contributed by atoms with E-state index < -0.39 is 0 Å². The average Bonchev–Trinajstić information content (AvgIpc) is 3.60. The third-order valence-corrected chi connectivity index (χ3v) is 8.73. The molecule has 0 saturated carbocycles. The maximum absolute atomic E-state index is 12.9. The Hall–Kier alpha value is -3.15. The summed E-state index contributed by atoms with van der Waals surface area (Å²) in [7, 11) is 1.77. The fourth-order valence-electron chi connectivity index (χ4n) is 6.36. The van der Waals surface area contributed by atoms with Crippen molar-refractivity contribution >= 4 is 16.7 Å². The standard InChI is InChI=1S/C30H41N7O/c1-5-25-20-37(27-17-29(38)33(4)28-21-35(16-13-31)32-30(27)28)26(6-2)19-36(25)22(3)24-11-9-23(10-12-24)18-34-14-7-8-15-34/h9-12,17,21-22,25-26H,5-8,14-16,18-20H2,1-4H3/t22-,25+,26-/m0/s1. The zero-order valence-corrected chi connectivity index (χ0v) is 23.3. The van der Waals surface area contributed by atoms with Gasteiger partial charge in [0.15, 0.2) is 0 Å². The largest absolute Gasteiger partial charge is 0.364 e. The van der Waals surface area contributed by atoms with Crippen molar-refractivity contribution in [1.29, 1.82) is 5.26 Å². The van der Waals surface area contributed by atoms with Crippen LogP contribution in [0.1, 0.15) is 63.6 Å². The summed E-state index contributed by atoms with van der Waals surface area (Å²) >= 11 is 0. The minimum atomic E-state index is -0.0447. The number of nitriles is 1. The Morgan fingerprint density at radius 1 is 1.08 bits per heavy atom. The molecule has 3 aromatic rings. The number of pyridine rings is 1. The van der Waals surface area contributed by atoms with Gasteiger partial charge in [0.05, 0.1) is 23.5 Å². The summed E-state index contributed by atoms with van der Waals surface area (Å²) in [6, 6.07) is 14.1. The van der Waals surface area contributed by atoms with E-state index in [0.29, 0.717) is 12.1 Å². The van der Waals surface area contributed by atoms with Crippen LogP contribution in [-0.4, -0.2) is 62.4 Å². The summed E-state index contributed by atoms with van der Waals surface area (Å²) in [5, 5.41) is 13.9. The first kappa shape index (κ1) is 26.5. The zero-order valence-electron chi connectivity index (χ0n) is 23.3. The number of hydrogen-bond donors (Lipinski definition) is 0. The Bertz CT molecular complexity index is 1350. The van der Waals surface area contributed by atoms with Crippen LogP contribution in [0.25, 0.3) is 11.0 Å². The van der Waals surface area contributed by atoms with Crippen LogP contribution in [0.4, 0.5) is 5.69 Å². The van der Waals surface area contributed by atoms with E-state index in [-0.39, 0.29) is 18.1 Å². The lowest BCUT2D eigenvalue weighted by Gasteiger charge is -2.49. The van der Waals surface area contributed by atoms with E-state index in [1.165, 1.54) is 37.1 Å². The number of rotatable bonds is 8. The molecule has 0 N–H and O–H groups in total. The maximum Gasteiger partial charge on any atom is 0.252 e. The Kier molecular flexibility index (Phi) is 7.87. The topological polar surface area (TPSA) is 73.3 Å². The van der Waals surface area contributed by atoms with Gasteiger partial charge >= 0.3 is 0 Å². The number of hydrogen-bond acceptors (Lipinski definition) is 6. The second kappa shape index (κ2) is 11.3. The van der Waals surface area contributed by atoms with Gasteiger partial charge in [0.2, 0.25) is 0 Å². The van der Waals surface area contributed by atoms with Gasteiger partial charge in [0, 0.05) is 50.9 Å². The molecule has 3 atom stereocenters. The fourth-order valence-corrected chi connectivity index (χ4v) is 6.36. The summed E-state index contributed by atoms with van der Waals surface area (Å²) < 4.78 is 3.27. The fraction of sp³-hybridized carbons (Fsp3) is 0.567. The Morgan fingerprint density at radius 3 is 2.45 bits per heavy atom. The van der Waals surface area contributed by atoms with E-state index in [0.717, 1.165) is 49.2 Å². The van der Waals surface area contributed by atoms with Crippen molar-refractivity contribution in [2.75, 3.05) is 31.1 Å². The van der Waals surface area contributed by atoms with Crippen molar-refractivity contribution in [1.82, 2.24) is 24.1 Å². The highest BCUT2D eigenvalue weighted by atomic mass is 16.1. The van der Waals surface area contributed by atoms with Crippen LogP contribution < -0.4 is 10.5 Å². The Balaban J connectivity index is 1.40. The molecule has 8 heteroatoms. The lowest BCUT2D eigenvalue weighted by molar-refractivity contribution is 0.101. The third kappa shape index (κ3) is 5.10. The molecule has 1 aromatic carbocycles. The van der Waals surface area contributed by atoms with Crippen LogP contribution in [0.5, 0.6) is 0 Å². The number of fused-ring (bicyclic) bond motifs is 1. The molecule has 8 nitrogen and oxygen atoms in total. The number of aromatic nitrogens is 3. The highest BCUT2D eigenvalue weighted by Crippen LogP contribution is 2.34. The van der Waals surface area contributed by atoms with E-state index in [1.807, 2.05) is 6.20 Å². The maximum atomic E-state index is 12.9. The predicted octanol–water partition coefficient (Wildman–Crippen LogP) is 4.29. The molecule has 2 aromatic heterocycles. The number of likely N-dealkylation sites (tertiary alicyclic amines) is 1. The van der Waals surface area contributed by atoms with Crippen molar-refractivity contribution in [3.05, 3.63) is 58.0 Å². The van der Waals surface area contributed by atoms with Crippen LogP contribution in [0, 0.1) is 11.3 Å². The van der Waals surface area contributed by atoms with Crippen molar-refractivity contribution in [3.63, 3.8) is 0 Å². The molecule has 4 heterocycles. The van der Waals surface area contributed by atoms with Crippen LogP contribution >= 0.6 is 0 Å². The van der Waals surface area contributed by atoms with Crippen molar-refractivity contribution in [3.8, 4) is 6.07 Å². The SMILES string of the molecule is CC[C@H]1CN([C@@H](C)c2ccc(CN3CCCC3)cc2)[C@H](CC)CN1c1cc(=O)n(C)c2cn(CC#N)nc12. The second-order valence-corrected chi connectivity index (χ2v) is 11.0. The lowest BCUT2D eigenvalue weighted by Crippen LogP contribution is -2.58. The van der Waals surface area contributed by atoms with Gasteiger partial charge in [-0.2, -0.15) is 10.4 Å².